The molecular weight excluding hydrogens is 334 g/mol. The zero-order chi connectivity index (χ0) is 19.1. The third kappa shape index (κ3) is 4.64. The van der Waals surface area contributed by atoms with Crippen molar-refractivity contribution < 1.29 is 9.90 Å². The Morgan fingerprint density at radius 3 is 1.74 bits per heavy atom. The summed E-state index contributed by atoms with van der Waals surface area (Å²) < 4.78 is 0. The van der Waals surface area contributed by atoms with E-state index in [0.717, 1.165) is 16.9 Å². The van der Waals surface area contributed by atoms with Crippen molar-refractivity contribution in [3.05, 3.63) is 108 Å². The molecule has 3 rings (SSSR count). The van der Waals surface area contributed by atoms with Crippen LogP contribution in [0.4, 0.5) is 11.4 Å². The van der Waals surface area contributed by atoms with E-state index in [-0.39, 0.29) is 6.04 Å². The van der Waals surface area contributed by atoms with Gasteiger partial charge in [0.25, 0.3) is 0 Å². The van der Waals surface area contributed by atoms with Crippen LogP contribution in [0, 0.1) is 0 Å². The minimum Gasteiger partial charge on any atom is -0.478 e. The van der Waals surface area contributed by atoms with Crippen molar-refractivity contribution in [2.75, 3.05) is 4.90 Å². The monoisotopic (exact) mass is 357 g/mol. The Morgan fingerprint density at radius 1 is 0.852 bits per heavy atom. The van der Waals surface area contributed by atoms with Gasteiger partial charge < -0.3 is 10.0 Å². The summed E-state index contributed by atoms with van der Waals surface area (Å²) in [6.07, 6.45) is 2.39. The summed E-state index contributed by atoms with van der Waals surface area (Å²) in [5.74, 6) is -0.882. The van der Waals surface area contributed by atoms with Crippen LogP contribution in [0.3, 0.4) is 0 Å². The average molecular weight is 357 g/mol. The van der Waals surface area contributed by atoms with Gasteiger partial charge in [-0.3, -0.25) is 0 Å². The van der Waals surface area contributed by atoms with E-state index in [0.29, 0.717) is 12.0 Å². The van der Waals surface area contributed by atoms with Crippen LogP contribution in [-0.4, -0.2) is 11.1 Å². The van der Waals surface area contributed by atoms with Gasteiger partial charge in [-0.2, -0.15) is 0 Å². The van der Waals surface area contributed by atoms with Crippen molar-refractivity contribution in [2.45, 2.75) is 19.4 Å². The Morgan fingerprint density at radius 2 is 1.30 bits per heavy atom. The molecule has 1 unspecified atom stereocenters. The Kier molecular flexibility index (Phi) is 6.06. The van der Waals surface area contributed by atoms with E-state index >= 15 is 0 Å². The third-order valence-electron chi connectivity index (χ3n) is 4.55. The summed E-state index contributed by atoms with van der Waals surface area (Å²) in [4.78, 5) is 13.5. The lowest BCUT2D eigenvalue weighted by molar-refractivity contribution is -0.132. The summed E-state index contributed by atoms with van der Waals surface area (Å²) in [5.41, 5.74) is 3.63. The molecule has 3 nitrogen and oxygen atoms in total. The maximum atomic E-state index is 11.3. The fraction of sp³-hybridized carbons (Fsp3) is 0.125. The van der Waals surface area contributed by atoms with Crippen molar-refractivity contribution in [1.29, 1.82) is 0 Å². The topological polar surface area (TPSA) is 40.5 Å². The van der Waals surface area contributed by atoms with Gasteiger partial charge in [-0.1, -0.05) is 72.8 Å². The Bertz CT molecular complexity index is 850. The average Bonchev–Trinajstić information content (AvgIpc) is 2.72. The highest BCUT2D eigenvalue weighted by Crippen LogP contribution is 2.37. The first-order valence-corrected chi connectivity index (χ1v) is 9.01. The summed E-state index contributed by atoms with van der Waals surface area (Å²) in [6.45, 7) is 1.64. The fourth-order valence-corrected chi connectivity index (χ4v) is 3.13. The van der Waals surface area contributed by atoms with Gasteiger partial charge in [-0.25, -0.2) is 4.79 Å². The number of rotatable bonds is 7. The van der Waals surface area contributed by atoms with Gasteiger partial charge in [0.1, 0.15) is 0 Å². The number of carboxylic acids is 1. The second kappa shape index (κ2) is 8.86. The molecule has 136 valence electrons. The molecule has 3 aromatic carbocycles. The zero-order valence-corrected chi connectivity index (χ0v) is 15.3. The summed E-state index contributed by atoms with van der Waals surface area (Å²) in [5, 5.41) is 9.26. The number of aliphatic carboxylic acids is 1. The van der Waals surface area contributed by atoms with E-state index in [4.69, 9.17) is 0 Å². The lowest BCUT2D eigenvalue weighted by Crippen LogP contribution is -2.23. The normalized spacial score (nSPS) is 12.4. The van der Waals surface area contributed by atoms with Crippen LogP contribution < -0.4 is 4.90 Å². The highest BCUT2D eigenvalue weighted by Gasteiger charge is 2.22. The molecule has 0 amide bonds. The molecule has 27 heavy (non-hydrogen) atoms. The Labute approximate surface area is 160 Å². The largest absolute Gasteiger partial charge is 0.478 e. The van der Waals surface area contributed by atoms with Crippen molar-refractivity contribution in [3.8, 4) is 0 Å². The van der Waals surface area contributed by atoms with Gasteiger partial charge >= 0.3 is 5.97 Å². The van der Waals surface area contributed by atoms with Gasteiger partial charge in [-0.05, 0) is 43.2 Å². The maximum absolute atomic E-state index is 11.3. The first-order chi connectivity index (χ1) is 13.2. The molecule has 1 atom stereocenters. The first kappa shape index (κ1) is 18.5. The molecule has 0 bridgehead atoms. The van der Waals surface area contributed by atoms with E-state index in [1.807, 2.05) is 54.6 Å². The number of carboxylic acid groups (broad SMARTS) is 1. The highest BCUT2D eigenvalue weighted by atomic mass is 16.4. The van der Waals surface area contributed by atoms with Crippen LogP contribution in [0.25, 0.3) is 0 Å². The third-order valence-corrected chi connectivity index (χ3v) is 4.55. The van der Waals surface area contributed by atoms with Crippen LogP contribution in [-0.2, 0) is 4.79 Å². The lowest BCUT2D eigenvalue weighted by atomic mass is 9.99. The predicted octanol–water partition coefficient (Wildman–Crippen LogP) is 5.99. The van der Waals surface area contributed by atoms with E-state index in [1.165, 1.54) is 0 Å². The molecule has 3 aromatic rings. The van der Waals surface area contributed by atoms with Crippen molar-refractivity contribution in [1.82, 2.24) is 0 Å². The minimum atomic E-state index is -0.882. The number of carbonyl (C=O) groups is 1. The maximum Gasteiger partial charge on any atom is 0.330 e. The van der Waals surface area contributed by atoms with Crippen LogP contribution in [0.2, 0.25) is 0 Å². The van der Waals surface area contributed by atoms with E-state index in [9.17, 15) is 9.90 Å². The standard InChI is InChI=1S/C24H23NO2/c1-19(24(26)27)17-18-23(20-11-5-2-6-12-20)25(21-13-7-3-8-14-21)22-15-9-4-10-16-22/h2-17,23H,18H2,1H3,(H,26,27). The van der Waals surface area contributed by atoms with Crippen LogP contribution >= 0.6 is 0 Å². The minimum absolute atomic E-state index is 0.0229. The lowest BCUT2D eigenvalue weighted by Gasteiger charge is -2.34. The number of anilines is 2. The van der Waals surface area contributed by atoms with Crippen LogP contribution in [0.15, 0.2) is 103 Å². The number of para-hydroxylation sites is 2. The van der Waals surface area contributed by atoms with Gasteiger partial charge in [0, 0.05) is 16.9 Å². The van der Waals surface area contributed by atoms with Crippen LogP contribution in [0.5, 0.6) is 0 Å². The molecular formula is C24H23NO2. The molecule has 0 heterocycles. The summed E-state index contributed by atoms with van der Waals surface area (Å²) in [7, 11) is 0. The van der Waals surface area contributed by atoms with Crippen molar-refractivity contribution in [2.24, 2.45) is 0 Å². The second-order valence-electron chi connectivity index (χ2n) is 6.40. The number of hydrogen-bond acceptors (Lipinski definition) is 2. The quantitative estimate of drug-likeness (QED) is 0.528. The second-order valence-corrected chi connectivity index (χ2v) is 6.40. The first-order valence-electron chi connectivity index (χ1n) is 9.01. The Hall–Kier alpha value is -3.33. The molecule has 0 aliphatic rings. The SMILES string of the molecule is CC(=CCC(c1ccccc1)N(c1ccccc1)c1ccccc1)C(=O)O. The summed E-state index contributed by atoms with van der Waals surface area (Å²) >= 11 is 0. The van der Waals surface area contributed by atoms with Gasteiger partial charge in [0.05, 0.1) is 6.04 Å². The molecule has 0 saturated heterocycles. The number of benzene rings is 3. The predicted molar refractivity (Wildman–Crippen MR) is 110 cm³/mol. The highest BCUT2D eigenvalue weighted by molar-refractivity contribution is 5.85. The van der Waals surface area contributed by atoms with Crippen molar-refractivity contribution >= 4 is 17.3 Å². The van der Waals surface area contributed by atoms with Gasteiger partial charge in [-0.15, -0.1) is 0 Å². The van der Waals surface area contributed by atoms with Crippen molar-refractivity contribution in [3.63, 3.8) is 0 Å². The molecule has 0 saturated carbocycles. The molecule has 1 N–H and O–H groups in total. The molecule has 0 fully saturated rings. The molecule has 0 aromatic heterocycles. The smallest absolute Gasteiger partial charge is 0.330 e. The molecule has 3 heteroatoms. The molecule has 0 spiro atoms. The molecule has 0 aliphatic carbocycles. The van der Waals surface area contributed by atoms with E-state index in [1.54, 1.807) is 13.0 Å². The number of hydrogen-bond donors (Lipinski definition) is 1. The zero-order valence-electron chi connectivity index (χ0n) is 15.3. The summed E-state index contributed by atoms with van der Waals surface area (Å²) in [6, 6.07) is 30.6. The van der Waals surface area contributed by atoms with E-state index < -0.39 is 5.97 Å². The van der Waals surface area contributed by atoms with Gasteiger partial charge in [0.15, 0.2) is 0 Å². The Balaban J connectivity index is 2.10. The van der Waals surface area contributed by atoms with E-state index in [2.05, 4.69) is 41.3 Å². The van der Waals surface area contributed by atoms with Crippen LogP contribution in [0.1, 0.15) is 24.9 Å². The molecule has 0 aliphatic heterocycles. The van der Waals surface area contributed by atoms with Gasteiger partial charge in [0.2, 0.25) is 0 Å². The number of nitrogens with zero attached hydrogens (tertiary/aromatic N) is 1. The fourth-order valence-electron chi connectivity index (χ4n) is 3.13. The molecule has 0 radical (unpaired) electrons.